The highest BCUT2D eigenvalue weighted by atomic mass is 16.5. The van der Waals surface area contributed by atoms with Crippen molar-refractivity contribution in [2.24, 2.45) is 0 Å². The molecule has 25 heavy (non-hydrogen) atoms. The van der Waals surface area contributed by atoms with Gasteiger partial charge in [-0.15, -0.1) is 0 Å². The molecule has 5 heteroatoms. The molecule has 1 N–H and O–H groups in total. The Morgan fingerprint density at radius 1 is 1.08 bits per heavy atom. The Kier molecular flexibility index (Phi) is 5.03. The maximum atomic E-state index is 12.8. The van der Waals surface area contributed by atoms with Crippen molar-refractivity contribution in [2.45, 2.75) is 32.7 Å². The van der Waals surface area contributed by atoms with Gasteiger partial charge in [-0.05, 0) is 49.2 Å². The van der Waals surface area contributed by atoms with E-state index < -0.39 is 6.04 Å². The van der Waals surface area contributed by atoms with Crippen LogP contribution in [0, 0.1) is 0 Å². The smallest absolute Gasteiger partial charge is 0.256 e. The second-order valence-corrected chi connectivity index (χ2v) is 5.91. The van der Waals surface area contributed by atoms with Gasteiger partial charge >= 0.3 is 0 Å². The highest BCUT2D eigenvalue weighted by Crippen LogP contribution is 2.28. The van der Waals surface area contributed by atoms with E-state index in [9.17, 15) is 9.59 Å². The normalized spacial score (nSPS) is 17.0. The number of ether oxygens (including phenoxy) is 1. The summed E-state index contributed by atoms with van der Waals surface area (Å²) in [5.74, 6) is 0.398. The molecule has 0 radical (unpaired) electrons. The van der Waals surface area contributed by atoms with E-state index in [2.05, 4.69) is 5.32 Å². The highest BCUT2D eigenvalue weighted by Gasteiger charge is 2.40. The lowest BCUT2D eigenvalue weighted by Crippen LogP contribution is -2.35. The van der Waals surface area contributed by atoms with Crippen LogP contribution in [0.1, 0.15) is 25.8 Å². The van der Waals surface area contributed by atoms with Crippen LogP contribution in [0.2, 0.25) is 0 Å². The van der Waals surface area contributed by atoms with Crippen LogP contribution < -0.4 is 15.0 Å². The van der Waals surface area contributed by atoms with E-state index in [0.29, 0.717) is 12.3 Å². The fourth-order valence-electron chi connectivity index (χ4n) is 3.04. The van der Waals surface area contributed by atoms with Gasteiger partial charge < -0.3 is 10.1 Å². The number of carbonyl (C=O) groups is 2. The molecule has 0 aliphatic carbocycles. The van der Waals surface area contributed by atoms with Crippen molar-refractivity contribution in [2.75, 3.05) is 16.8 Å². The Hall–Kier alpha value is -2.82. The maximum absolute atomic E-state index is 12.8. The van der Waals surface area contributed by atoms with Crippen LogP contribution >= 0.6 is 0 Å². The van der Waals surface area contributed by atoms with E-state index in [-0.39, 0.29) is 18.2 Å². The van der Waals surface area contributed by atoms with Gasteiger partial charge in [-0.3, -0.25) is 9.59 Å². The summed E-state index contributed by atoms with van der Waals surface area (Å²) in [7, 11) is 0. The Morgan fingerprint density at radius 2 is 1.80 bits per heavy atom. The van der Waals surface area contributed by atoms with Crippen molar-refractivity contribution in [1.82, 2.24) is 0 Å². The second kappa shape index (κ2) is 7.38. The predicted molar refractivity (Wildman–Crippen MR) is 98.0 cm³/mol. The third-order valence-electron chi connectivity index (χ3n) is 4.27. The number of para-hydroxylation sites is 1. The van der Waals surface area contributed by atoms with Gasteiger partial charge in [-0.25, -0.2) is 4.90 Å². The molecule has 0 saturated carbocycles. The molecule has 2 amide bonds. The molecule has 3 rings (SSSR count). The number of amides is 2. The van der Waals surface area contributed by atoms with Gasteiger partial charge in [-0.1, -0.05) is 25.1 Å². The van der Waals surface area contributed by atoms with Gasteiger partial charge in [0.05, 0.1) is 18.7 Å². The summed E-state index contributed by atoms with van der Waals surface area (Å²) in [4.78, 5) is 26.5. The van der Waals surface area contributed by atoms with Gasteiger partial charge in [0.1, 0.15) is 11.8 Å². The van der Waals surface area contributed by atoms with Crippen LogP contribution in [0.4, 0.5) is 11.4 Å². The highest BCUT2D eigenvalue weighted by molar-refractivity contribution is 6.23. The van der Waals surface area contributed by atoms with Crippen molar-refractivity contribution in [3.05, 3.63) is 54.1 Å². The molecule has 5 nitrogen and oxygen atoms in total. The first kappa shape index (κ1) is 17.0. The first-order valence-corrected chi connectivity index (χ1v) is 8.58. The SMILES string of the molecule is CCOc1ccc(N[C@H]2CC(=O)N(c3ccccc3CC)C2=O)cc1. The Labute approximate surface area is 147 Å². The Bertz CT molecular complexity index is 771. The lowest BCUT2D eigenvalue weighted by atomic mass is 10.1. The second-order valence-electron chi connectivity index (χ2n) is 5.91. The largest absolute Gasteiger partial charge is 0.494 e. The maximum Gasteiger partial charge on any atom is 0.256 e. The molecule has 0 spiro atoms. The minimum atomic E-state index is -0.546. The standard InChI is InChI=1S/C20H22N2O3/c1-3-14-7-5-6-8-18(14)22-19(23)13-17(20(22)24)21-15-9-11-16(12-10-15)25-4-2/h5-12,17,21H,3-4,13H2,1-2H3/t17-/m0/s1. The fraction of sp³-hybridized carbons (Fsp3) is 0.300. The summed E-state index contributed by atoms with van der Waals surface area (Å²) in [5, 5.41) is 3.16. The van der Waals surface area contributed by atoms with Crippen LogP contribution in [0.25, 0.3) is 0 Å². The first-order valence-electron chi connectivity index (χ1n) is 8.58. The molecule has 1 aliphatic rings. The number of aryl methyl sites for hydroxylation is 1. The number of carbonyl (C=O) groups excluding carboxylic acids is 2. The van der Waals surface area contributed by atoms with E-state index in [0.717, 1.165) is 23.4 Å². The van der Waals surface area contributed by atoms with Gasteiger partial charge in [-0.2, -0.15) is 0 Å². The predicted octanol–water partition coefficient (Wildman–Crippen LogP) is 3.39. The van der Waals surface area contributed by atoms with E-state index >= 15 is 0 Å². The van der Waals surface area contributed by atoms with Crippen molar-refractivity contribution < 1.29 is 14.3 Å². The summed E-state index contributed by atoms with van der Waals surface area (Å²) in [6.45, 7) is 4.55. The monoisotopic (exact) mass is 338 g/mol. The number of benzene rings is 2. The van der Waals surface area contributed by atoms with Gasteiger partial charge in [0.15, 0.2) is 0 Å². The molecule has 1 atom stereocenters. The van der Waals surface area contributed by atoms with Crippen LogP contribution in [0.15, 0.2) is 48.5 Å². The molecule has 1 heterocycles. The lowest BCUT2D eigenvalue weighted by Gasteiger charge is -2.19. The number of anilines is 2. The van der Waals surface area contributed by atoms with Crippen molar-refractivity contribution in [3.63, 3.8) is 0 Å². The summed E-state index contributed by atoms with van der Waals surface area (Å²) in [6.07, 6.45) is 0.925. The van der Waals surface area contributed by atoms with Crippen LogP contribution in [0.3, 0.4) is 0 Å². The summed E-state index contributed by atoms with van der Waals surface area (Å²) in [5.41, 5.74) is 2.47. The van der Waals surface area contributed by atoms with E-state index in [1.54, 1.807) is 0 Å². The minimum absolute atomic E-state index is 0.157. The van der Waals surface area contributed by atoms with Crippen LogP contribution in [-0.2, 0) is 16.0 Å². The van der Waals surface area contributed by atoms with Crippen LogP contribution in [0.5, 0.6) is 5.75 Å². The third kappa shape index (κ3) is 3.50. The minimum Gasteiger partial charge on any atom is -0.494 e. The quantitative estimate of drug-likeness (QED) is 0.820. The first-order chi connectivity index (χ1) is 12.1. The average Bonchev–Trinajstić information content (AvgIpc) is 2.90. The van der Waals surface area contributed by atoms with E-state index in [1.165, 1.54) is 4.90 Å². The third-order valence-corrected chi connectivity index (χ3v) is 4.27. The molecule has 0 unspecified atom stereocenters. The van der Waals surface area contributed by atoms with Gasteiger partial charge in [0.2, 0.25) is 5.91 Å². The molecule has 2 aromatic carbocycles. The Morgan fingerprint density at radius 3 is 2.48 bits per heavy atom. The zero-order valence-corrected chi connectivity index (χ0v) is 14.5. The fourth-order valence-corrected chi connectivity index (χ4v) is 3.04. The molecule has 1 fully saturated rings. The summed E-state index contributed by atoms with van der Waals surface area (Å²) < 4.78 is 5.41. The molecule has 0 aromatic heterocycles. The number of hydrogen-bond donors (Lipinski definition) is 1. The van der Waals surface area contributed by atoms with Crippen molar-refractivity contribution in [3.8, 4) is 5.75 Å². The lowest BCUT2D eigenvalue weighted by molar-refractivity contribution is -0.121. The molecule has 130 valence electrons. The summed E-state index contributed by atoms with van der Waals surface area (Å²) >= 11 is 0. The molecule has 1 aliphatic heterocycles. The van der Waals surface area contributed by atoms with Gasteiger partial charge in [0.25, 0.3) is 5.91 Å². The van der Waals surface area contributed by atoms with Crippen LogP contribution in [-0.4, -0.2) is 24.5 Å². The number of hydrogen-bond acceptors (Lipinski definition) is 4. The molecule has 2 aromatic rings. The van der Waals surface area contributed by atoms with Gasteiger partial charge in [0, 0.05) is 5.69 Å². The van der Waals surface area contributed by atoms with Crippen molar-refractivity contribution in [1.29, 1.82) is 0 Å². The molecular formula is C20H22N2O3. The Balaban J connectivity index is 1.77. The van der Waals surface area contributed by atoms with E-state index in [4.69, 9.17) is 4.74 Å². The van der Waals surface area contributed by atoms with E-state index in [1.807, 2.05) is 62.4 Å². The molecule has 1 saturated heterocycles. The number of rotatable bonds is 6. The number of nitrogens with one attached hydrogen (secondary N) is 1. The average molecular weight is 338 g/mol. The summed E-state index contributed by atoms with van der Waals surface area (Å²) in [6, 6.07) is 14.4. The zero-order valence-electron chi connectivity index (χ0n) is 14.5. The zero-order chi connectivity index (χ0) is 17.8. The molecular weight excluding hydrogens is 316 g/mol. The topological polar surface area (TPSA) is 58.6 Å². The van der Waals surface area contributed by atoms with Crippen molar-refractivity contribution >= 4 is 23.2 Å². The molecule has 0 bridgehead atoms. The number of nitrogens with zero attached hydrogens (tertiary/aromatic N) is 1. The number of imide groups is 1.